The Balaban J connectivity index is 1.51. The number of fused-ring (bicyclic) bond motifs is 1. The highest BCUT2D eigenvalue weighted by atomic mass is 16.3. The maximum atomic E-state index is 11.8. The van der Waals surface area contributed by atoms with E-state index in [9.17, 15) is 9.90 Å². The highest BCUT2D eigenvalue weighted by molar-refractivity contribution is 5.93. The molecule has 1 amide bonds. The molecule has 1 aliphatic heterocycles. The van der Waals surface area contributed by atoms with E-state index in [0.29, 0.717) is 6.54 Å². The van der Waals surface area contributed by atoms with Crippen molar-refractivity contribution in [2.24, 2.45) is 0 Å². The molecular formula is C26H28N2O2. The fourth-order valence-electron chi connectivity index (χ4n) is 4.17. The molecule has 3 aromatic rings. The van der Waals surface area contributed by atoms with E-state index in [-0.39, 0.29) is 5.91 Å². The van der Waals surface area contributed by atoms with Crippen molar-refractivity contribution in [1.29, 1.82) is 0 Å². The second kappa shape index (κ2) is 9.24. The van der Waals surface area contributed by atoms with Gasteiger partial charge in [0.05, 0.1) is 6.10 Å². The molecule has 0 bridgehead atoms. The lowest BCUT2D eigenvalue weighted by atomic mass is 10.0. The molecule has 0 aliphatic carbocycles. The van der Waals surface area contributed by atoms with Crippen molar-refractivity contribution in [2.45, 2.75) is 32.5 Å². The first-order valence-electron chi connectivity index (χ1n) is 10.5. The topological polar surface area (TPSA) is 43.8 Å². The molecule has 1 atom stereocenters. The van der Waals surface area contributed by atoms with Crippen LogP contribution in [0.15, 0.2) is 78.9 Å². The number of hydrogen-bond acceptors (Lipinski definition) is 3. The normalized spacial score (nSPS) is 14.0. The van der Waals surface area contributed by atoms with Crippen LogP contribution >= 0.6 is 0 Å². The van der Waals surface area contributed by atoms with E-state index < -0.39 is 6.10 Å². The van der Waals surface area contributed by atoms with E-state index in [4.69, 9.17) is 0 Å². The molecule has 0 spiro atoms. The summed E-state index contributed by atoms with van der Waals surface area (Å²) in [5, 5.41) is 11.0. The zero-order chi connectivity index (χ0) is 20.9. The van der Waals surface area contributed by atoms with E-state index in [0.717, 1.165) is 42.9 Å². The number of carbonyl (C=O) groups excluding carboxylic acids is 1. The van der Waals surface area contributed by atoms with E-state index in [1.807, 2.05) is 53.4 Å². The maximum Gasteiger partial charge on any atom is 0.223 e. The largest absolute Gasteiger partial charge is 0.387 e. The summed E-state index contributed by atoms with van der Waals surface area (Å²) in [7, 11) is 0. The second-order valence-corrected chi connectivity index (χ2v) is 7.97. The van der Waals surface area contributed by atoms with Gasteiger partial charge < -0.3 is 10.0 Å². The van der Waals surface area contributed by atoms with Crippen molar-refractivity contribution >= 4 is 11.6 Å². The summed E-state index contributed by atoms with van der Waals surface area (Å²) in [4.78, 5) is 15.9. The molecule has 0 unspecified atom stereocenters. The number of benzene rings is 3. The zero-order valence-corrected chi connectivity index (χ0v) is 17.4. The highest BCUT2D eigenvalue weighted by Crippen LogP contribution is 2.31. The Morgan fingerprint density at radius 3 is 2.13 bits per heavy atom. The first-order chi connectivity index (χ1) is 14.6. The lowest BCUT2D eigenvalue weighted by Crippen LogP contribution is -2.28. The van der Waals surface area contributed by atoms with Crippen LogP contribution in [-0.4, -0.2) is 29.0 Å². The minimum absolute atomic E-state index is 0.0685. The van der Waals surface area contributed by atoms with Crippen molar-refractivity contribution in [2.75, 3.05) is 18.0 Å². The Hall–Kier alpha value is -2.95. The van der Waals surface area contributed by atoms with Gasteiger partial charge in [-0.05, 0) is 34.7 Å². The summed E-state index contributed by atoms with van der Waals surface area (Å²) in [5.41, 5.74) is 5.48. The van der Waals surface area contributed by atoms with E-state index in [1.54, 1.807) is 6.92 Å². The average molecular weight is 401 g/mol. The molecule has 3 aromatic carbocycles. The van der Waals surface area contributed by atoms with Gasteiger partial charge in [-0.25, -0.2) is 0 Å². The van der Waals surface area contributed by atoms with E-state index in [1.165, 1.54) is 11.1 Å². The average Bonchev–Trinajstić information content (AvgIpc) is 3.19. The molecular weight excluding hydrogens is 372 g/mol. The van der Waals surface area contributed by atoms with Gasteiger partial charge in [-0.3, -0.25) is 9.69 Å². The quantitative estimate of drug-likeness (QED) is 0.642. The third-order valence-corrected chi connectivity index (χ3v) is 5.69. The summed E-state index contributed by atoms with van der Waals surface area (Å²) in [5.74, 6) is 0.0685. The molecule has 0 aromatic heterocycles. The minimum Gasteiger partial charge on any atom is -0.387 e. The van der Waals surface area contributed by atoms with Gasteiger partial charge in [0, 0.05) is 38.8 Å². The third kappa shape index (κ3) is 4.78. The van der Waals surface area contributed by atoms with Crippen molar-refractivity contribution < 1.29 is 9.90 Å². The van der Waals surface area contributed by atoms with Crippen LogP contribution in [0.25, 0.3) is 0 Å². The Morgan fingerprint density at radius 2 is 1.57 bits per heavy atom. The second-order valence-electron chi connectivity index (χ2n) is 7.97. The molecule has 0 fully saturated rings. The van der Waals surface area contributed by atoms with Crippen LogP contribution in [0.5, 0.6) is 0 Å². The van der Waals surface area contributed by atoms with Gasteiger partial charge in [0.1, 0.15) is 0 Å². The molecule has 30 heavy (non-hydrogen) atoms. The monoisotopic (exact) mass is 400 g/mol. The third-order valence-electron chi connectivity index (χ3n) is 5.69. The molecule has 4 heteroatoms. The lowest BCUT2D eigenvalue weighted by molar-refractivity contribution is -0.116. The van der Waals surface area contributed by atoms with Crippen molar-refractivity contribution in [3.8, 4) is 0 Å². The maximum absolute atomic E-state index is 11.8. The van der Waals surface area contributed by atoms with Crippen LogP contribution < -0.4 is 4.90 Å². The van der Waals surface area contributed by atoms with Crippen LogP contribution in [0.2, 0.25) is 0 Å². The van der Waals surface area contributed by atoms with Gasteiger partial charge in [0.15, 0.2) is 0 Å². The highest BCUT2D eigenvalue weighted by Gasteiger charge is 2.24. The van der Waals surface area contributed by atoms with Crippen molar-refractivity contribution in [3.05, 3.63) is 101 Å². The summed E-state index contributed by atoms with van der Waals surface area (Å²) in [6.07, 6.45) is 0.252. The molecule has 1 aliphatic rings. The van der Waals surface area contributed by atoms with Gasteiger partial charge in [0.25, 0.3) is 0 Å². The molecule has 154 valence electrons. The minimum atomic E-state index is -0.589. The SMILES string of the molecule is CC(=O)N1CCc2cc([C@H](O)CN(Cc3ccccc3)Cc3ccccc3)ccc21. The molecule has 4 nitrogen and oxygen atoms in total. The fraction of sp³-hybridized carbons (Fsp3) is 0.269. The number of rotatable bonds is 7. The Kier molecular flexibility index (Phi) is 6.26. The van der Waals surface area contributed by atoms with Gasteiger partial charge in [0.2, 0.25) is 5.91 Å². The fourth-order valence-corrected chi connectivity index (χ4v) is 4.17. The Labute approximate surface area is 178 Å². The number of anilines is 1. The first kappa shape index (κ1) is 20.3. The number of hydrogen-bond donors (Lipinski definition) is 1. The van der Waals surface area contributed by atoms with Gasteiger partial charge in [-0.1, -0.05) is 72.8 Å². The molecule has 0 saturated heterocycles. The van der Waals surface area contributed by atoms with Crippen LogP contribution in [0.4, 0.5) is 5.69 Å². The number of aliphatic hydroxyl groups excluding tert-OH is 1. The summed E-state index contributed by atoms with van der Waals surface area (Å²) in [6.45, 7) is 4.41. The van der Waals surface area contributed by atoms with E-state index in [2.05, 4.69) is 35.2 Å². The van der Waals surface area contributed by atoms with Crippen molar-refractivity contribution in [1.82, 2.24) is 4.90 Å². The smallest absolute Gasteiger partial charge is 0.223 e. The molecule has 1 N–H and O–H groups in total. The molecule has 4 rings (SSSR count). The van der Waals surface area contributed by atoms with Crippen LogP contribution in [0, 0.1) is 0 Å². The predicted octanol–water partition coefficient (Wildman–Crippen LogP) is 4.33. The summed E-state index contributed by atoms with van der Waals surface area (Å²) >= 11 is 0. The van der Waals surface area contributed by atoms with Crippen LogP contribution in [0.1, 0.15) is 35.3 Å². The number of amides is 1. The zero-order valence-electron chi connectivity index (χ0n) is 17.4. The number of aliphatic hydroxyl groups is 1. The Morgan fingerprint density at radius 1 is 0.967 bits per heavy atom. The van der Waals surface area contributed by atoms with Gasteiger partial charge in [-0.2, -0.15) is 0 Å². The molecule has 0 saturated carbocycles. The summed E-state index contributed by atoms with van der Waals surface area (Å²) in [6, 6.07) is 26.7. The Bertz CT molecular complexity index is 947. The summed E-state index contributed by atoms with van der Waals surface area (Å²) < 4.78 is 0. The van der Waals surface area contributed by atoms with Gasteiger partial charge >= 0.3 is 0 Å². The predicted molar refractivity (Wildman–Crippen MR) is 120 cm³/mol. The number of carbonyl (C=O) groups is 1. The van der Waals surface area contributed by atoms with Gasteiger partial charge in [-0.15, -0.1) is 0 Å². The number of nitrogens with zero attached hydrogens (tertiary/aromatic N) is 2. The lowest BCUT2D eigenvalue weighted by Gasteiger charge is -2.26. The van der Waals surface area contributed by atoms with Crippen molar-refractivity contribution in [3.63, 3.8) is 0 Å². The van der Waals surface area contributed by atoms with Crippen LogP contribution in [-0.2, 0) is 24.3 Å². The molecule has 1 heterocycles. The molecule has 0 radical (unpaired) electrons. The first-order valence-corrected chi connectivity index (χ1v) is 10.5. The van der Waals surface area contributed by atoms with Crippen LogP contribution in [0.3, 0.4) is 0 Å². The standard InChI is InChI=1S/C26H28N2O2/c1-20(29)28-15-14-23-16-24(12-13-25(23)28)26(30)19-27(17-21-8-4-2-5-9-21)18-22-10-6-3-7-11-22/h2-13,16,26,30H,14-15,17-19H2,1H3/t26-/m1/s1. The van der Waals surface area contributed by atoms with E-state index >= 15 is 0 Å².